The molecule has 1 aromatic carbocycles. The first kappa shape index (κ1) is 15.3. The molecule has 0 unspecified atom stereocenters. The molecule has 23 heavy (non-hydrogen) atoms. The molecule has 0 saturated heterocycles. The van der Waals surface area contributed by atoms with E-state index in [1.54, 1.807) is 0 Å². The van der Waals surface area contributed by atoms with Crippen LogP contribution in [0.25, 0.3) is 16.9 Å². The molecule has 0 fully saturated rings. The highest BCUT2D eigenvalue weighted by Crippen LogP contribution is 2.32. The Balaban J connectivity index is 2.36. The Bertz CT molecular complexity index is 904. The second-order valence-electron chi connectivity index (χ2n) is 4.60. The summed E-state index contributed by atoms with van der Waals surface area (Å²) in [5, 5.41) is 13.6. The fourth-order valence-electron chi connectivity index (χ4n) is 2.17. The number of nitrogens with zero attached hydrogens (tertiary/aromatic N) is 3. The number of aromatic carboxylic acids is 1. The zero-order valence-corrected chi connectivity index (χ0v) is 11.9. The van der Waals surface area contributed by atoms with Crippen LogP contribution < -0.4 is 0 Å². The minimum Gasteiger partial charge on any atom is -0.477 e. The molecule has 5 nitrogen and oxygen atoms in total. The Morgan fingerprint density at radius 1 is 1.17 bits per heavy atom. The monoisotopic (exact) mass is 341 g/mol. The minimum atomic E-state index is -4.69. The van der Waals surface area contributed by atoms with E-state index in [4.69, 9.17) is 11.6 Å². The molecule has 0 bridgehead atoms. The molecule has 3 aromatic rings. The van der Waals surface area contributed by atoms with E-state index in [1.807, 2.05) is 0 Å². The average molecular weight is 342 g/mol. The quantitative estimate of drug-likeness (QED) is 0.770. The summed E-state index contributed by atoms with van der Waals surface area (Å²) in [6.45, 7) is 0. The number of rotatable bonds is 2. The van der Waals surface area contributed by atoms with Crippen LogP contribution in [0.5, 0.6) is 0 Å². The van der Waals surface area contributed by atoms with E-state index in [1.165, 1.54) is 24.3 Å². The second kappa shape index (κ2) is 5.24. The molecule has 0 spiro atoms. The smallest absolute Gasteiger partial charge is 0.433 e. The van der Waals surface area contributed by atoms with Gasteiger partial charge in [-0.15, -0.1) is 0 Å². The zero-order valence-electron chi connectivity index (χ0n) is 11.2. The molecule has 0 atom stereocenters. The van der Waals surface area contributed by atoms with Crippen molar-refractivity contribution in [1.29, 1.82) is 0 Å². The van der Waals surface area contributed by atoms with Gasteiger partial charge in [-0.3, -0.25) is 0 Å². The Morgan fingerprint density at radius 3 is 2.39 bits per heavy atom. The van der Waals surface area contributed by atoms with Crippen LogP contribution in [0.3, 0.4) is 0 Å². The van der Waals surface area contributed by atoms with Crippen molar-refractivity contribution >= 4 is 23.2 Å². The van der Waals surface area contributed by atoms with Crippen LogP contribution in [-0.2, 0) is 6.18 Å². The SMILES string of the molecule is O=C(O)c1c(-c2ccc(Cl)cc2)nn2c(C(F)(F)F)ccnc12. The van der Waals surface area contributed by atoms with Crippen LogP contribution >= 0.6 is 11.6 Å². The highest BCUT2D eigenvalue weighted by molar-refractivity contribution is 6.30. The van der Waals surface area contributed by atoms with E-state index < -0.39 is 23.4 Å². The second-order valence-corrected chi connectivity index (χ2v) is 5.04. The Morgan fingerprint density at radius 2 is 1.83 bits per heavy atom. The third kappa shape index (κ3) is 2.61. The van der Waals surface area contributed by atoms with E-state index in [0.717, 1.165) is 12.3 Å². The fraction of sp³-hybridized carbons (Fsp3) is 0.0714. The Kier molecular flexibility index (Phi) is 3.48. The van der Waals surface area contributed by atoms with Crippen LogP contribution in [0.4, 0.5) is 13.2 Å². The third-order valence-electron chi connectivity index (χ3n) is 3.14. The Labute approximate surface area is 131 Å². The van der Waals surface area contributed by atoms with Gasteiger partial charge in [0, 0.05) is 16.8 Å². The molecular weight excluding hydrogens is 335 g/mol. The van der Waals surface area contributed by atoms with Crippen LogP contribution in [0.15, 0.2) is 36.5 Å². The standard InChI is InChI=1S/C14H7ClF3N3O2/c15-8-3-1-7(2-4-8)11-10(13(22)23)12-19-6-5-9(14(16,17)18)21(12)20-11/h1-6H,(H,22,23). The van der Waals surface area contributed by atoms with Gasteiger partial charge in [-0.1, -0.05) is 23.7 Å². The van der Waals surface area contributed by atoms with E-state index >= 15 is 0 Å². The molecule has 0 aliphatic carbocycles. The summed E-state index contributed by atoms with van der Waals surface area (Å²) in [5.74, 6) is -1.42. The zero-order chi connectivity index (χ0) is 16.8. The van der Waals surface area contributed by atoms with Gasteiger partial charge in [-0.05, 0) is 18.2 Å². The predicted octanol–water partition coefficient (Wildman–Crippen LogP) is 3.77. The molecule has 0 saturated carbocycles. The number of hydrogen-bond acceptors (Lipinski definition) is 3. The summed E-state index contributed by atoms with van der Waals surface area (Å²) in [5.41, 5.74) is -1.68. The summed E-state index contributed by atoms with van der Waals surface area (Å²) in [7, 11) is 0. The molecule has 118 valence electrons. The lowest BCUT2D eigenvalue weighted by Crippen LogP contribution is -2.13. The normalized spacial score (nSPS) is 11.8. The van der Waals surface area contributed by atoms with Gasteiger partial charge in [0.1, 0.15) is 17.0 Å². The van der Waals surface area contributed by atoms with E-state index in [0.29, 0.717) is 15.1 Å². The van der Waals surface area contributed by atoms with Crippen molar-refractivity contribution in [3.63, 3.8) is 0 Å². The predicted molar refractivity (Wildman–Crippen MR) is 75.4 cm³/mol. The van der Waals surface area contributed by atoms with Crippen molar-refractivity contribution in [3.05, 3.63) is 52.8 Å². The summed E-state index contributed by atoms with van der Waals surface area (Å²) < 4.78 is 39.7. The number of hydrogen-bond donors (Lipinski definition) is 1. The number of carboxylic acids is 1. The maximum absolute atomic E-state index is 13.1. The van der Waals surface area contributed by atoms with Crippen LogP contribution in [-0.4, -0.2) is 25.7 Å². The molecule has 0 aliphatic rings. The number of carboxylic acid groups (broad SMARTS) is 1. The lowest BCUT2D eigenvalue weighted by molar-refractivity contribution is -0.142. The lowest BCUT2D eigenvalue weighted by Gasteiger charge is -2.07. The minimum absolute atomic E-state index is 0.113. The largest absolute Gasteiger partial charge is 0.477 e. The summed E-state index contributed by atoms with van der Waals surface area (Å²) in [6, 6.07) is 6.67. The van der Waals surface area contributed by atoms with Gasteiger partial charge < -0.3 is 5.11 Å². The molecule has 0 amide bonds. The van der Waals surface area contributed by atoms with Crippen molar-refractivity contribution in [2.75, 3.05) is 0 Å². The molecule has 2 heterocycles. The number of fused-ring (bicyclic) bond motifs is 1. The first-order chi connectivity index (χ1) is 10.8. The first-order valence-corrected chi connectivity index (χ1v) is 6.61. The Hall–Kier alpha value is -2.61. The lowest BCUT2D eigenvalue weighted by atomic mass is 10.1. The van der Waals surface area contributed by atoms with Gasteiger partial charge >= 0.3 is 12.1 Å². The van der Waals surface area contributed by atoms with Crippen molar-refractivity contribution in [1.82, 2.24) is 14.6 Å². The third-order valence-corrected chi connectivity index (χ3v) is 3.39. The van der Waals surface area contributed by atoms with Gasteiger partial charge in [0.05, 0.1) is 0 Å². The highest BCUT2D eigenvalue weighted by Gasteiger charge is 2.36. The van der Waals surface area contributed by atoms with Gasteiger partial charge in [0.2, 0.25) is 0 Å². The number of halogens is 4. The van der Waals surface area contributed by atoms with Gasteiger partial charge in [-0.2, -0.15) is 18.3 Å². The topological polar surface area (TPSA) is 67.5 Å². The number of aromatic nitrogens is 3. The van der Waals surface area contributed by atoms with E-state index in [9.17, 15) is 23.1 Å². The average Bonchev–Trinajstić information content (AvgIpc) is 2.86. The highest BCUT2D eigenvalue weighted by atomic mass is 35.5. The number of carbonyl (C=O) groups is 1. The van der Waals surface area contributed by atoms with Gasteiger partial charge in [0.15, 0.2) is 5.65 Å². The van der Waals surface area contributed by atoms with E-state index in [-0.39, 0.29) is 11.3 Å². The van der Waals surface area contributed by atoms with E-state index in [2.05, 4.69) is 10.1 Å². The van der Waals surface area contributed by atoms with Crippen molar-refractivity contribution in [2.24, 2.45) is 0 Å². The van der Waals surface area contributed by atoms with Gasteiger partial charge in [0.25, 0.3) is 0 Å². The van der Waals surface area contributed by atoms with Gasteiger partial charge in [-0.25, -0.2) is 14.3 Å². The van der Waals surface area contributed by atoms with Crippen molar-refractivity contribution in [3.8, 4) is 11.3 Å². The molecule has 2 aromatic heterocycles. The first-order valence-electron chi connectivity index (χ1n) is 6.23. The number of benzene rings is 1. The molecule has 3 rings (SSSR count). The molecule has 0 radical (unpaired) electrons. The molecule has 1 N–H and O–H groups in total. The number of alkyl halides is 3. The fourth-order valence-corrected chi connectivity index (χ4v) is 2.29. The maximum Gasteiger partial charge on any atom is 0.433 e. The van der Waals surface area contributed by atoms with Crippen LogP contribution in [0.1, 0.15) is 16.1 Å². The summed E-state index contributed by atoms with van der Waals surface area (Å²) in [4.78, 5) is 15.2. The summed E-state index contributed by atoms with van der Waals surface area (Å²) in [6.07, 6.45) is -3.79. The molecular formula is C14H7ClF3N3O2. The van der Waals surface area contributed by atoms with Crippen molar-refractivity contribution in [2.45, 2.75) is 6.18 Å². The van der Waals surface area contributed by atoms with Crippen LogP contribution in [0.2, 0.25) is 5.02 Å². The summed E-state index contributed by atoms with van der Waals surface area (Å²) >= 11 is 5.76. The maximum atomic E-state index is 13.1. The van der Waals surface area contributed by atoms with Crippen molar-refractivity contribution < 1.29 is 23.1 Å². The molecule has 9 heteroatoms. The van der Waals surface area contributed by atoms with Crippen LogP contribution in [0, 0.1) is 0 Å². The molecule has 0 aliphatic heterocycles.